The molecule has 0 spiro atoms. The van der Waals surface area contributed by atoms with Crippen LogP contribution in [-0.2, 0) is 6.54 Å². The van der Waals surface area contributed by atoms with Crippen LogP contribution in [0.2, 0.25) is 0 Å². The molecule has 1 saturated heterocycles. The minimum absolute atomic E-state index is 0.727. The molecule has 1 aromatic heterocycles. The van der Waals surface area contributed by atoms with Crippen molar-refractivity contribution in [3.8, 4) is 0 Å². The van der Waals surface area contributed by atoms with E-state index < -0.39 is 0 Å². The molecule has 2 heterocycles. The maximum absolute atomic E-state index is 3.59. The lowest BCUT2D eigenvalue weighted by molar-refractivity contribution is 0.242. The predicted molar refractivity (Wildman–Crippen MR) is 70.9 cm³/mol. The highest BCUT2D eigenvalue weighted by atomic mass is 32.1. The van der Waals surface area contributed by atoms with Gasteiger partial charge < -0.3 is 5.32 Å². The van der Waals surface area contributed by atoms with Crippen LogP contribution in [0.1, 0.15) is 31.7 Å². The molecule has 0 aromatic carbocycles. The molecular formula is C13H22N2S. The van der Waals surface area contributed by atoms with Crippen LogP contribution in [0.5, 0.6) is 0 Å². The Bertz CT molecular complexity index is 278. The largest absolute Gasteiger partial charge is 0.313 e. The Kier molecular flexibility index (Phi) is 4.82. The van der Waals surface area contributed by atoms with Crippen LogP contribution in [0, 0.1) is 0 Å². The van der Waals surface area contributed by atoms with Gasteiger partial charge >= 0.3 is 0 Å². The Balaban J connectivity index is 1.83. The smallest absolute Gasteiger partial charge is 0.0242 e. The molecule has 2 nitrogen and oxygen atoms in total. The molecule has 1 atom stereocenters. The average molecular weight is 238 g/mol. The molecule has 1 N–H and O–H groups in total. The third-order valence-corrected chi connectivity index (χ3v) is 3.90. The Morgan fingerprint density at radius 2 is 2.50 bits per heavy atom. The normalized spacial score (nSPS) is 20.8. The van der Waals surface area contributed by atoms with Gasteiger partial charge in [-0.05, 0) is 54.7 Å². The number of rotatable bonds is 6. The Hall–Kier alpha value is -0.380. The van der Waals surface area contributed by atoms with E-state index in [0.717, 1.165) is 12.6 Å². The zero-order valence-corrected chi connectivity index (χ0v) is 10.9. The summed E-state index contributed by atoms with van der Waals surface area (Å²) in [6, 6.07) is 2.97. The number of hydrogen-bond donors (Lipinski definition) is 1. The maximum Gasteiger partial charge on any atom is 0.0242 e. The monoisotopic (exact) mass is 238 g/mol. The van der Waals surface area contributed by atoms with Gasteiger partial charge in [0.1, 0.15) is 0 Å². The van der Waals surface area contributed by atoms with Crippen molar-refractivity contribution in [3.63, 3.8) is 0 Å². The third kappa shape index (κ3) is 3.58. The third-order valence-electron chi connectivity index (χ3n) is 3.17. The van der Waals surface area contributed by atoms with Crippen LogP contribution in [0.4, 0.5) is 0 Å². The van der Waals surface area contributed by atoms with Gasteiger partial charge in [0.05, 0.1) is 0 Å². The van der Waals surface area contributed by atoms with E-state index in [4.69, 9.17) is 0 Å². The summed E-state index contributed by atoms with van der Waals surface area (Å²) in [6.07, 6.45) is 3.95. The second-order valence-electron chi connectivity index (χ2n) is 4.66. The molecule has 0 aliphatic carbocycles. The van der Waals surface area contributed by atoms with Gasteiger partial charge in [0, 0.05) is 19.1 Å². The number of nitrogens with zero attached hydrogens (tertiary/aromatic N) is 1. The molecule has 0 radical (unpaired) electrons. The highest BCUT2D eigenvalue weighted by molar-refractivity contribution is 7.07. The van der Waals surface area contributed by atoms with E-state index in [0.29, 0.717) is 0 Å². The van der Waals surface area contributed by atoms with Crippen molar-refractivity contribution < 1.29 is 0 Å². The Morgan fingerprint density at radius 1 is 1.56 bits per heavy atom. The highest BCUT2D eigenvalue weighted by Gasteiger charge is 2.17. The van der Waals surface area contributed by atoms with Gasteiger partial charge in [-0.25, -0.2) is 0 Å². The molecule has 2 rings (SSSR count). The lowest BCUT2D eigenvalue weighted by atomic mass is 10.2. The number of nitrogens with one attached hydrogen (secondary N) is 1. The van der Waals surface area contributed by atoms with Crippen molar-refractivity contribution in [1.82, 2.24) is 10.2 Å². The molecule has 0 bridgehead atoms. The van der Waals surface area contributed by atoms with Crippen molar-refractivity contribution in [2.24, 2.45) is 0 Å². The van der Waals surface area contributed by atoms with Crippen LogP contribution in [0.15, 0.2) is 16.8 Å². The van der Waals surface area contributed by atoms with E-state index in [1.54, 1.807) is 11.3 Å². The van der Waals surface area contributed by atoms with Gasteiger partial charge in [0.2, 0.25) is 0 Å². The van der Waals surface area contributed by atoms with E-state index in [1.807, 2.05) is 0 Å². The second kappa shape index (κ2) is 6.38. The summed E-state index contributed by atoms with van der Waals surface area (Å²) in [7, 11) is 0. The van der Waals surface area contributed by atoms with Gasteiger partial charge in [-0.15, -0.1) is 0 Å². The van der Waals surface area contributed by atoms with Crippen LogP contribution >= 0.6 is 11.3 Å². The van der Waals surface area contributed by atoms with Crippen LogP contribution in [-0.4, -0.2) is 30.6 Å². The Morgan fingerprint density at radius 3 is 3.12 bits per heavy atom. The lowest BCUT2D eigenvalue weighted by Crippen LogP contribution is -2.37. The van der Waals surface area contributed by atoms with Crippen molar-refractivity contribution >= 4 is 11.3 Å². The van der Waals surface area contributed by atoms with Gasteiger partial charge in [0.15, 0.2) is 0 Å². The van der Waals surface area contributed by atoms with Crippen molar-refractivity contribution in [1.29, 1.82) is 0 Å². The standard InChI is InChI=1S/C13H22N2S/c1-2-7-15(9-12-5-8-16-11-12)10-13-4-3-6-14-13/h5,8,11,13-14H,2-4,6-7,9-10H2,1H3. The van der Waals surface area contributed by atoms with Crippen molar-refractivity contribution in [2.45, 2.75) is 38.8 Å². The molecule has 0 saturated carbocycles. The number of hydrogen-bond acceptors (Lipinski definition) is 3. The van der Waals surface area contributed by atoms with Gasteiger partial charge in [-0.1, -0.05) is 6.92 Å². The summed E-state index contributed by atoms with van der Waals surface area (Å²) in [5.74, 6) is 0. The summed E-state index contributed by atoms with van der Waals surface area (Å²) in [6.45, 7) is 7.03. The fraction of sp³-hybridized carbons (Fsp3) is 0.692. The molecule has 1 aromatic rings. The average Bonchev–Trinajstić information content (AvgIpc) is 2.91. The van der Waals surface area contributed by atoms with E-state index in [2.05, 4.69) is 34.0 Å². The first-order chi connectivity index (χ1) is 7.88. The molecule has 1 fully saturated rings. The lowest BCUT2D eigenvalue weighted by Gasteiger charge is -2.24. The van der Waals surface area contributed by atoms with Gasteiger partial charge in [-0.2, -0.15) is 11.3 Å². The second-order valence-corrected chi connectivity index (χ2v) is 5.44. The molecule has 1 aliphatic heterocycles. The Labute approximate surface area is 103 Å². The van der Waals surface area contributed by atoms with Crippen molar-refractivity contribution in [3.05, 3.63) is 22.4 Å². The summed E-state index contributed by atoms with van der Waals surface area (Å²) in [5.41, 5.74) is 1.47. The zero-order valence-electron chi connectivity index (χ0n) is 10.1. The fourth-order valence-corrected chi connectivity index (χ4v) is 3.08. The molecule has 16 heavy (non-hydrogen) atoms. The van der Waals surface area contributed by atoms with E-state index in [9.17, 15) is 0 Å². The SMILES string of the molecule is CCCN(Cc1ccsc1)CC1CCCN1. The van der Waals surface area contributed by atoms with E-state index in [-0.39, 0.29) is 0 Å². The fourth-order valence-electron chi connectivity index (χ4n) is 2.42. The summed E-state index contributed by atoms with van der Waals surface area (Å²) in [5, 5.41) is 8.03. The van der Waals surface area contributed by atoms with Gasteiger partial charge in [-0.3, -0.25) is 4.90 Å². The summed E-state index contributed by atoms with van der Waals surface area (Å²) < 4.78 is 0. The molecular weight excluding hydrogens is 216 g/mol. The molecule has 0 amide bonds. The zero-order chi connectivity index (χ0) is 11.2. The molecule has 3 heteroatoms. The first kappa shape index (κ1) is 12.1. The van der Waals surface area contributed by atoms with Gasteiger partial charge in [0.25, 0.3) is 0 Å². The molecule has 90 valence electrons. The topological polar surface area (TPSA) is 15.3 Å². The van der Waals surface area contributed by atoms with Crippen LogP contribution in [0.3, 0.4) is 0 Å². The first-order valence-electron chi connectivity index (χ1n) is 6.35. The predicted octanol–water partition coefficient (Wildman–Crippen LogP) is 2.71. The molecule has 1 aliphatic rings. The highest BCUT2D eigenvalue weighted by Crippen LogP contribution is 2.13. The minimum Gasteiger partial charge on any atom is -0.313 e. The quantitative estimate of drug-likeness (QED) is 0.820. The van der Waals surface area contributed by atoms with E-state index >= 15 is 0 Å². The maximum atomic E-state index is 3.59. The first-order valence-corrected chi connectivity index (χ1v) is 7.29. The van der Waals surface area contributed by atoms with Crippen LogP contribution < -0.4 is 5.32 Å². The van der Waals surface area contributed by atoms with Crippen LogP contribution in [0.25, 0.3) is 0 Å². The summed E-state index contributed by atoms with van der Waals surface area (Å²) in [4.78, 5) is 2.59. The van der Waals surface area contributed by atoms with E-state index in [1.165, 1.54) is 44.5 Å². The number of thiophene rings is 1. The minimum atomic E-state index is 0.727. The van der Waals surface area contributed by atoms with Crippen molar-refractivity contribution in [2.75, 3.05) is 19.6 Å². The molecule has 1 unspecified atom stereocenters. The summed E-state index contributed by atoms with van der Waals surface area (Å²) >= 11 is 1.80.